The van der Waals surface area contributed by atoms with Gasteiger partial charge in [-0.1, -0.05) is 36.4 Å². The molecule has 8 heteroatoms. The number of aryl methyl sites for hydroxylation is 1. The minimum absolute atomic E-state index is 0.226. The lowest BCUT2D eigenvalue weighted by Crippen LogP contribution is -2.46. The van der Waals surface area contributed by atoms with Gasteiger partial charge in [-0.05, 0) is 56.0 Å². The summed E-state index contributed by atoms with van der Waals surface area (Å²) in [5.41, 5.74) is 1.55. The van der Waals surface area contributed by atoms with Gasteiger partial charge in [0.25, 0.3) is 11.8 Å². The van der Waals surface area contributed by atoms with E-state index in [1.807, 2.05) is 37.4 Å². The molecule has 2 rings (SSSR count). The number of thioether (sulfide) groups is 1. The lowest BCUT2D eigenvalue weighted by Gasteiger charge is -2.20. The van der Waals surface area contributed by atoms with Gasteiger partial charge in [0.2, 0.25) is 0 Å². The van der Waals surface area contributed by atoms with Crippen LogP contribution in [0.2, 0.25) is 0 Å². The molecule has 2 amide bonds. The molecule has 2 atom stereocenters. The molecule has 0 bridgehead atoms. The predicted molar refractivity (Wildman–Crippen MR) is 122 cm³/mol. The van der Waals surface area contributed by atoms with Crippen LogP contribution in [-0.4, -0.2) is 48.5 Å². The van der Waals surface area contributed by atoms with E-state index < -0.39 is 29.9 Å². The van der Waals surface area contributed by atoms with Crippen molar-refractivity contribution in [2.45, 2.75) is 32.4 Å². The fourth-order valence-corrected chi connectivity index (χ4v) is 3.12. The van der Waals surface area contributed by atoms with Gasteiger partial charge < -0.3 is 20.1 Å². The molecule has 0 aliphatic heterocycles. The normalized spacial score (nSPS) is 12.4. The maximum Gasteiger partial charge on any atom is 0.329 e. The highest BCUT2D eigenvalue weighted by molar-refractivity contribution is 7.98. The Morgan fingerprint density at radius 1 is 1.03 bits per heavy atom. The summed E-state index contributed by atoms with van der Waals surface area (Å²) in [5.74, 6) is -0.338. The fourth-order valence-electron chi connectivity index (χ4n) is 2.64. The molecule has 0 aromatic heterocycles. The van der Waals surface area contributed by atoms with Crippen LogP contribution in [0.5, 0.6) is 5.75 Å². The second kappa shape index (κ2) is 12.6. The molecular formula is C23H28N2O5S. The second-order valence-electron chi connectivity index (χ2n) is 6.89. The molecule has 2 N–H and O–H groups in total. The minimum atomic E-state index is -1.01. The number of rotatable bonds is 11. The summed E-state index contributed by atoms with van der Waals surface area (Å²) < 4.78 is 10.7. The van der Waals surface area contributed by atoms with Crippen molar-refractivity contribution >= 4 is 35.2 Å². The van der Waals surface area contributed by atoms with Crippen LogP contribution in [0.15, 0.2) is 54.6 Å². The zero-order valence-corrected chi connectivity index (χ0v) is 18.7. The Morgan fingerprint density at radius 2 is 1.71 bits per heavy atom. The summed E-state index contributed by atoms with van der Waals surface area (Å²) in [6, 6.07) is 15.4. The standard InChI is InChI=1S/C23H28N2O5S/c1-16-9-7-8-12-19(16)25-22(27)17(2)30-23(28)20(13-14-31-3)24-21(26)15-29-18-10-5-4-6-11-18/h4-12,17,20H,13-15H2,1-3H3,(H,24,26)(H,25,27)/t17-,20-/m0/s1. The van der Waals surface area contributed by atoms with Crippen LogP contribution in [0, 0.1) is 6.92 Å². The van der Waals surface area contributed by atoms with Crippen molar-refractivity contribution in [2.24, 2.45) is 0 Å². The SMILES string of the molecule is CSCC[C@H](NC(=O)COc1ccccc1)C(=O)O[C@@H](C)C(=O)Nc1ccccc1C. The van der Waals surface area contributed by atoms with Crippen LogP contribution in [0.25, 0.3) is 0 Å². The van der Waals surface area contributed by atoms with Gasteiger partial charge >= 0.3 is 5.97 Å². The van der Waals surface area contributed by atoms with E-state index in [0.29, 0.717) is 23.6 Å². The number of carbonyl (C=O) groups is 3. The number of carbonyl (C=O) groups excluding carboxylic acids is 3. The lowest BCUT2D eigenvalue weighted by molar-refractivity contribution is -0.156. The summed E-state index contributed by atoms with van der Waals surface area (Å²) in [6.07, 6.45) is 1.27. The topological polar surface area (TPSA) is 93.7 Å². The Kier molecular flexibility index (Phi) is 9.90. The van der Waals surface area contributed by atoms with E-state index in [0.717, 1.165) is 5.56 Å². The first kappa shape index (κ1) is 24.3. The zero-order chi connectivity index (χ0) is 22.6. The van der Waals surface area contributed by atoms with Crippen molar-refractivity contribution in [1.82, 2.24) is 5.32 Å². The smallest absolute Gasteiger partial charge is 0.329 e. The average molecular weight is 445 g/mol. The van der Waals surface area contributed by atoms with Crippen molar-refractivity contribution < 1.29 is 23.9 Å². The Balaban J connectivity index is 1.90. The molecule has 0 radical (unpaired) electrons. The van der Waals surface area contributed by atoms with E-state index in [2.05, 4.69) is 10.6 Å². The summed E-state index contributed by atoms with van der Waals surface area (Å²) in [7, 11) is 0. The van der Waals surface area contributed by atoms with Gasteiger partial charge in [-0.2, -0.15) is 11.8 Å². The first-order valence-electron chi connectivity index (χ1n) is 9.94. The number of benzene rings is 2. The molecule has 0 aliphatic rings. The summed E-state index contributed by atoms with van der Waals surface area (Å²) in [6.45, 7) is 3.14. The number of para-hydroxylation sites is 2. The van der Waals surface area contributed by atoms with Crippen LogP contribution in [0.1, 0.15) is 18.9 Å². The zero-order valence-electron chi connectivity index (χ0n) is 17.9. The summed E-state index contributed by atoms with van der Waals surface area (Å²) in [4.78, 5) is 37.3. The molecule has 0 unspecified atom stereocenters. The Labute approximate surface area is 186 Å². The number of nitrogens with one attached hydrogen (secondary N) is 2. The largest absolute Gasteiger partial charge is 0.484 e. The molecule has 0 fully saturated rings. The first-order chi connectivity index (χ1) is 14.9. The second-order valence-corrected chi connectivity index (χ2v) is 7.87. The molecule has 0 aliphatic carbocycles. The maximum atomic E-state index is 12.6. The van der Waals surface area contributed by atoms with Crippen molar-refractivity contribution in [1.29, 1.82) is 0 Å². The Hall–Kier alpha value is -3.00. The molecule has 2 aromatic rings. The molecule has 0 saturated heterocycles. The molecular weight excluding hydrogens is 416 g/mol. The predicted octanol–water partition coefficient (Wildman–Crippen LogP) is 3.18. The van der Waals surface area contributed by atoms with E-state index in [9.17, 15) is 14.4 Å². The third-order valence-electron chi connectivity index (χ3n) is 4.41. The van der Waals surface area contributed by atoms with Gasteiger partial charge in [-0.15, -0.1) is 0 Å². The monoisotopic (exact) mass is 444 g/mol. The third kappa shape index (κ3) is 8.33. The Bertz CT molecular complexity index is 875. The average Bonchev–Trinajstić information content (AvgIpc) is 2.77. The minimum Gasteiger partial charge on any atom is -0.484 e. The highest BCUT2D eigenvalue weighted by atomic mass is 32.2. The molecule has 166 valence electrons. The lowest BCUT2D eigenvalue weighted by atomic mass is 10.2. The number of anilines is 1. The molecule has 7 nitrogen and oxygen atoms in total. The van der Waals surface area contributed by atoms with Gasteiger partial charge in [-0.3, -0.25) is 9.59 Å². The molecule has 31 heavy (non-hydrogen) atoms. The first-order valence-corrected chi connectivity index (χ1v) is 11.3. The number of ether oxygens (including phenoxy) is 2. The van der Waals surface area contributed by atoms with Crippen molar-refractivity contribution in [2.75, 3.05) is 23.9 Å². The van der Waals surface area contributed by atoms with Crippen LogP contribution >= 0.6 is 11.8 Å². The van der Waals surface area contributed by atoms with Crippen LogP contribution < -0.4 is 15.4 Å². The molecule has 0 saturated carbocycles. The van der Waals surface area contributed by atoms with Crippen molar-refractivity contribution in [3.63, 3.8) is 0 Å². The fraction of sp³-hybridized carbons (Fsp3) is 0.348. The third-order valence-corrected chi connectivity index (χ3v) is 5.05. The summed E-state index contributed by atoms with van der Waals surface area (Å²) in [5, 5.41) is 5.39. The van der Waals surface area contributed by atoms with E-state index in [4.69, 9.17) is 9.47 Å². The van der Waals surface area contributed by atoms with E-state index in [1.165, 1.54) is 6.92 Å². The van der Waals surface area contributed by atoms with Gasteiger partial charge in [0.15, 0.2) is 12.7 Å². The highest BCUT2D eigenvalue weighted by Gasteiger charge is 2.26. The highest BCUT2D eigenvalue weighted by Crippen LogP contribution is 2.14. The van der Waals surface area contributed by atoms with Crippen molar-refractivity contribution in [3.05, 3.63) is 60.2 Å². The number of hydrogen-bond acceptors (Lipinski definition) is 6. The number of hydrogen-bond donors (Lipinski definition) is 2. The van der Waals surface area contributed by atoms with E-state index in [-0.39, 0.29) is 6.61 Å². The van der Waals surface area contributed by atoms with E-state index >= 15 is 0 Å². The molecule has 0 spiro atoms. The van der Waals surface area contributed by atoms with Gasteiger partial charge in [0.05, 0.1) is 0 Å². The Morgan fingerprint density at radius 3 is 2.39 bits per heavy atom. The van der Waals surface area contributed by atoms with Gasteiger partial charge in [0.1, 0.15) is 11.8 Å². The molecule has 2 aromatic carbocycles. The quantitative estimate of drug-likeness (QED) is 0.517. The van der Waals surface area contributed by atoms with E-state index in [1.54, 1.807) is 42.1 Å². The van der Waals surface area contributed by atoms with Crippen molar-refractivity contribution in [3.8, 4) is 5.75 Å². The van der Waals surface area contributed by atoms with Crippen LogP contribution in [0.4, 0.5) is 5.69 Å². The molecule has 0 heterocycles. The number of amides is 2. The number of esters is 1. The van der Waals surface area contributed by atoms with Crippen LogP contribution in [0.3, 0.4) is 0 Å². The van der Waals surface area contributed by atoms with Gasteiger partial charge in [-0.25, -0.2) is 4.79 Å². The van der Waals surface area contributed by atoms with Crippen LogP contribution in [-0.2, 0) is 19.1 Å². The maximum absolute atomic E-state index is 12.6. The summed E-state index contributed by atoms with van der Waals surface area (Å²) >= 11 is 1.54. The van der Waals surface area contributed by atoms with Gasteiger partial charge in [0, 0.05) is 5.69 Å².